The Kier molecular flexibility index (Phi) is 5.97. The smallest absolute Gasteiger partial charge is 0.314 e. The maximum absolute atomic E-state index is 12.8. The first-order valence-electron chi connectivity index (χ1n) is 7.77. The van der Waals surface area contributed by atoms with Gasteiger partial charge in [0.1, 0.15) is 11.6 Å². The normalized spacial score (nSPS) is 21.8. The molecule has 0 saturated heterocycles. The van der Waals surface area contributed by atoms with Crippen molar-refractivity contribution < 1.29 is 13.9 Å². The molecule has 0 aromatic heterocycles. The fourth-order valence-electron chi connectivity index (χ4n) is 2.94. The number of carbonyl (C=O) groups excluding carboxylic acids is 1. The van der Waals surface area contributed by atoms with E-state index in [0.29, 0.717) is 5.75 Å². The number of carbonyl (C=O) groups is 1. The molecule has 2 nitrogen and oxygen atoms in total. The van der Waals surface area contributed by atoms with Crippen molar-refractivity contribution in [3.63, 3.8) is 0 Å². The minimum atomic E-state index is -0.324. The third kappa shape index (κ3) is 5.00. The molecule has 114 valence electrons. The zero-order chi connectivity index (χ0) is 15.1. The minimum Gasteiger partial charge on any atom is -0.426 e. The summed E-state index contributed by atoms with van der Waals surface area (Å²) in [7, 11) is 0. The number of benzene rings is 1. The summed E-state index contributed by atoms with van der Waals surface area (Å²) in [6, 6.07) is 5.60. The Labute approximate surface area is 126 Å². The van der Waals surface area contributed by atoms with Crippen LogP contribution in [0.25, 0.3) is 0 Å². The largest absolute Gasteiger partial charge is 0.426 e. The zero-order valence-electron chi connectivity index (χ0n) is 12.4. The van der Waals surface area contributed by atoms with Gasteiger partial charge < -0.3 is 4.74 Å². The van der Waals surface area contributed by atoms with Crippen molar-refractivity contribution in [2.75, 3.05) is 0 Å². The third-order valence-electron chi connectivity index (χ3n) is 4.23. The second kappa shape index (κ2) is 7.96. The van der Waals surface area contributed by atoms with Gasteiger partial charge >= 0.3 is 5.97 Å². The van der Waals surface area contributed by atoms with Crippen LogP contribution in [0.2, 0.25) is 0 Å². The Morgan fingerprint density at radius 1 is 1.24 bits per heavy atom. The molecule has 1 fully saturated rings. The zero-order valence-corrected chi connectivity index (χ0v) is 12.4. The van der Waals surface area contributed by atoms with Crippen LogP contribution in [0, 0.1) is 17.7 Å². The lowest BCUT2D eigenvalue weighted by molar-refractivity contribution is -0.140. The number of unbranched alkanes of at least 4 members (excludes halogenated alkanes) is 1. The number of rotatable bonds is 6. The Balaban J connectivity index is 1.75. The SMILES string of the molecule is C=CCCC[C@H]1CC[C@H](C(=O)Oc2ccc(F)cc2)CC1. The fraction of sp³-hybridized carbons (Fsp3) is 0.500. The first-order chi connectivity index (χ1) is 10.2. The molecule has 0 aliphatic heterocycles. The Morgan fingerprint density at radius 2 is 1.90 bits per heavy atom. The third-order valence-corrected chi connectivity index (χ3v) is 4.23. The molecule has 0 heterocycles. The van der Waals surface area contributed by atoms with E-state index in [0.717, 1.165) is 38.0 Å². The number of ether oxygens (including phenoxy) is 1. The lowest BCUT2D eigenvalue weighted by Crippen LogP contribution is -2.25. The highest BCUT2D eigenvalue weighted by atomic mass is 19.1. The first-order valence-corrected chi connectivity index (χ1v) is 7.77. The van der Waals surface area contributed by atoms with Crippen LogP contribution in [0.3, 0.4) is 0 Å². The van der Waals surface area contributed by atoms with Crippen LogP contribution >= 0.6 is 0 Å². The van der Waals surface area contributed by atoms with Gasteiger partial charge in [0.05, 0.1) is 5.92 Å². The highest BCUT2D eigenvalue weighted by Gasteiger charge is 2.27. The monoisotopic (exact) mass is 290 g/mol. The van der Waals surface area contributed by atoms with E-state index in [2.05, 4.69) is 6.58 Å². The van der Waals surface area contributed by atoms with Crippen molar-refractivity contribution in [2.45, 2.75) is 44.9 Å². The van der Waals surface area contributed by atoms with Gasteiger partial charge in [0, 0.05) is 0 Å². The van der Waals surface area contributed by atoms with E-state index in [-0.39, 0.29) is 17.7 Å². The predicted molar refractivity (Wildman–Crippen MR) is 81.5 cm³/mol. The minimum absolute atomic E-state index is 0.00860. The van der Waals surface area contributed by atoms with E-state index < -0.39 is 0 Å². The van der Waals surface area contributed by atoms with Crippen molar-refractivity contribution >= 4 is 5.97 Å². The van der Waals surface area contributed by atoms with Gasteiger partial charge in [-0.25, -0.2) is 4.39 Å². The molecule has 0 unspecified atom stereocenters. The second-order valence-corrected chi connectivity index (χ2v) is 5.81. The van der Waals surface area contributed by atoms with Crippen LogP contribution in [-0.4, -0.2) is 5.97 Å². The molecule has 1 aliphatic carbocycles. The number of hydrogen-bond donors (Lipinski definition) is 0. The summed E-state index contributed by atoms with van der Waals surface area (Å²) >= 11 is 0. The van der Waals surface area contributed by atoms with E-state index >= 15 is 0 Å². The van der Waals surface area contributed by atoms with Crippen LogP contribution in [0.4, 0.5) is 4.39 Å². The number of esters is 1. The molecule has 0 radical (unpaired) electrons. The molecule has 1 aromatic rings. The van der Waals surface area contributed by atoms with Gasteiger partial charge in [-0.3, -0.25) is 4.79 Å². The van der Waals surface area contributed by atoms with Crippen molar-refractivity contribution in [1.82, 2.24) is 0 Å². The van der Waals surface area contributed by atoms with Gasteiger partial charge in [0.2, 0.25) is 0 Å². The van der Waals surface area contributed by atoms with Crippen molar-refractivity contribution in [3.05, 3.63) is 42.7 Å². The van der Waals surface area contributed by atoms with Crippen LogP contribution < -0.4 is 4.74 Å². The van der Waals surface area contributed by atoms with Crippen molar-refractivity contribution in [2.24, 2.45) is 11.8 Å². The molecular formula is C18H23FO2. The van der Waals surface area contributed by atoms with Gasteiger partial charge in [-0.1, -0.05) is 12.5 Å². The number of halogens is 1. The summed E-state index contributed by atoms with van der Waals surface area (Å²) in [6.45, 7) is 3.74. The Bertz CT molecular complexity index is 459. The topological polar surface area (TPSA) is 26.3 Å². The molecule has 21 heavy (non-hydrogen) atoms. The maximum atomic E-state index is 12.8. The predicted octanol–water partition coefficient (Wildman–Crippen LogP) is 4.89. The van der Waals surface area contributed by atoms with E-state index in [9.17, 15) is 9.18 Å². The molecule has 3 heteroatoms. The molecule has 1 aromatic carbocycles. The van der Waals surface area contributed by atoms with Gasteiger partial charge in [0.15, 0.2) is 0 Å². The molecule has 2 rings (SSSR count). The highest BCUT2D eigenvalue weighted by Crippen LogP contribution is 2.32. The average molecular weight is 290 g/mol. The van der Waals surface area contributed by atoms with Crippen LogP contribution in [0.5, 0.6) is 5.75 Å². The van der Waals surface area contributed by atoms with Gasteiger partial charge in [-0.2, -0.15) is 0 Å². The summed E-state index contributed by atoms with van der Waals surface area (Å²) in [5, 5.41) is 0. The first kappa shape index (κ1) is 15.7. The molecule has 0 bridgehead atoms. The van der Waals surface area contributed by atoms with Crippen LogP contribution in [-0.2, 0) is 4.79 Å². The Morgan fingerprint density at radius 3 is 2.52 bits per heavy atom. The average Bonchev–Trinajstić information content (AvgIpc) is 2.50. The molecule has 0 amide bonds. The van der Waals surface area contributed by atoms with E-state index in [1.54, 1.807) is 0 Å². The maximum Gasteiger partial charge on any atom is 0.314 e. The molecular weight excluding hydrogens is 267 g/mol. The van der Waals surface area contributed by atoms with Crippen molar-refractivity contribution in [3.8, 4) is 5.75 Å². The molecule has 0 spiro atoms. The molecule has 1 aliphatic rings. The van der Waals surface area contributed by atoms with Gasteiger partial charge in [-0.15, -0.1) is 6.58 Å². The lowest BCUT2D eigenvalue weighted by atomic mass is 9.80. The standard InChI is InChI=1S/C18H23FO2/c1-2-3-4-5-14-6-8-15(9-7-14)18(20)21-17-12-10-16(19)11-13-17/h2,10-15H,1,3-9H2/t14-,15-. The van der Waals surface area contributed by atoms with Gasteiger partial charge in [0.25, 0.3) is 0 Å². The number of allylic oxidation sites excluding steroid dienone is 1. The molecule has 1 saturated carbocycles. The number of hydrogen-bond acceptors (Lipinski definition) is 2. The van der Waals surface area contributed by atoms with E-state index in [1.807, 2.05) is 6.08 Å². The molecule has 0 atom stereocenters. The molecule has 0 N–H and O–H groups in total. The van der Waals surface area contributed by atoms with Crippen LogP contribution in [0.1, 0.15) is 44.9 Å². The summed E-state index contributed by atoms with van der Waals surface area (Å²) in [5.41, 5.74) is 0. The fourth-order valence-corrected chi connectivity index (χ4v) is 2.94. The summed E-state index contributed by atoms with van der Waals surface area (Å²) in [6.07, 6.45) is 9.46. The van der Waals surface area contributed by atoms with Crippen LogP contribution in [0.15, 0.2) is 36.9 Å². The van der Waals surface area contributed by atoms with E-state index in [4.69, 9.17) is 4.74 Å². The van der Waals surface area contributed by atoms with Gasteiger partial charge in [-0.05, 0) is 68.7 Å². The van der Waals surface area contributed by atoms with E-state index in [1.165, 1.54) is 37.1 Å². The van der Waals surface area contributed by atoms with Crippen molar-refractivity contribution in [1.29, 1.82) is 0 Å². The quantitative estimate of drug-likeness (QED) is 0.322. The summed E-state index contributed by atoms with van der Waals surface area (Å²) in [4.78, 5) is 12.1. The summed E-state index contributed by atoms with van der Waals surface area (Å²) in [5.74, 6) is 0.654. The summed E-state index contributed by atoms with van der Waals surface area (Å²) < 4.78 is 18.1. The Hall–Kier alpha value is -1.64. The second-order valence-electron chi connectivity index (χ2n) is 5.81. The lowest BCUT2D eigenvalue weighted by Gasteiger charge is -2.27. The highest BCUT2D eigenvalue weighted by molar-refractivity contribution is 5.75.